The molecule has 0 aromatic heterocycles. The van der Waals surface area contributed by atoms with E-state index in [1.807, 2.05) is 11.9 Å². The van der Waals surface area contributed by atoms with Gasteiger partial charge in [-0.1, -0.05) is 17.7 Å². The number of ether oxygens (including phenoxy) is 1. The third kappa shape index (κ3) is 4.71. The summed E-state index contributed by atoms with van der Waals surface area (Å²) in [5.41, 5.74) is 0.906. The minimum Gasteiger partial charge on any atom is -0.469 e. The van der Waals surface area contributed by atoms with Crippen LogP contribution >= 0.6 is 11.6 Å². The number of nitrogens with zero attached hydrogens (tertiary/aromatic N) is 1. The first-order valence-corrected chi connectivity index (χ1v) is 5.60. The van der Waals surface area contributed by atoms with Crippen molar-refractivity contribution in [2.45, 2.75) is 13.0 Å². The maximum Gasteiger partial charge on any atom is 0.306 e. The Hall–Kier alpha value is -1.13. The lowest BCUT2D eigenvalue weighted by Gasteiger charge is -2.16. The van der Waals surface area contributed by atoms with Gasteiger partial charge in [0.25, 0.3) is 0 Å². The van der Waals surface area contributed by atoms with E-state index in [0.717, 1.165) is 5.56 Å². The standard InChI is InChI=1S/C12H15ClFNO2/c1-15(6-5-12(16)17-2)8-9-3-4-11(14)10(13)7-9/h3-4,7H,5-6,8H2,1-2H3. The van der Waals surface area contributed by atoms with Crippen LogP contribution in [0.15, 0.2) is 18.2 Å². The van der Waals surface area contributed by atoms with Gasteiger partial charge in [-0.25, -0.2) is 4.39 Å². The van der Waals surface area contributed by atoms with E-state index in [-0.39, 0.29) is 11.0 Å². The Bertz CT molecular complexity index is 398. The summed E-state index contributed by atoms with van der Waals surface area (Å²) in [6, 6.07) is 4.60. The zero-order valence-electron chi connectivity index (χ0n) is 9.87. The Morgan fingerprint density at radius 1 is 1.53 bits per heavy atom. The normalized spacial score (nSPS) is 10.6. The van der Waals surface area contributed by atoms with Gasteiger partial charge in [0.05, 0.1) is 18.6 Å². The first-order chi connectivity index (χ1) is 8.02. The third-order valence-electron chi connectivity index (χ3n) is 2.36. The number of carbonyl (C=O) groups excluding carboxylic acids is 1. The fourth-order valence-electron chi connectivity index (χ4n) is 1.41. The first-order valence-electron chi connectivity index (χ1n) is 5.22. The molecule has 3 nitrogen and oxygen atoms in total. The Kier molecular flexibility index (Phi) is 5.38. The SMILES string of the molecule is COC(=O)CCN(C)Cc1ccc(F)c(Cl)c1. The maximum atomic E-state index is 12.9. The predicted molar refractivity (Wildman–Crippen MR) is 64.4 cm³/mol. The van der Waals surface area contributed by atoms with E-state index in [4.69, 9.17) is 11.6 Å². The van der Waals surface area contributed by atoms with Crippen LogP contribution in [0.2, 0.25) is 5.02 Å². The number of rotatable bonds is 5. The number of hydrogen-bond acceptors (Lipinski definition) is 3. The zero-order chi connectivity index (χ0) is 12.8. The summed E-state index contributed by atoms with van der Waals surface area (Å²) in [6.45, 7) is 1.19. The highest BCUT2D eigenvalue weighted by atomic mass is 35.5. The second-order valence-corrected chi connectivity index (χ2v) is 4.22. The van der Waals surface area contributed by atoms with Crippen molar-refractivity contribution >= 4 is 17.6 Å². The minimum atomic E-state index is -0.423. The molecule has 17 heavy (non-hydrogen) atoms. The van der Waals surface area contributed by atoms with E-state index in [1.54, 1.807) is 12.1 Å². The molecular formula is C12H15ClFNO2. The van der Waals surface area contributed by atoms with Crippen LogP contribution in [0, 0.1) is 5.82 Å². The molecule has 0 aliphatic heterocycles. The van der Waals surface area contributed by atoms with Crippen molar-refractivity contribution in [2.75, 3.05) is 20.7 Å². The molecule has 0 spiro atoms. The quantitative estimate of drug-likeness (QED) is 0.761. The molecule has 0 bridgehead atoms. The van der Waals surface area contributed by atoms with Crippen molar-refractivity contribution in [3.8, 4) is 0 Å². The molecule has 94 valence electrons. The summed E-state index contributed by atoms with van der Waals surface area (Å²) in [5, 5.41) is 0.115. The van der Waals surface area contributed by atoms with Crippen LogP contribution in [0.5, 0.6) is 0 Å². The van der Waals surface area contributed by atoms with Gasteiger partial charge in [-0.2, -0.15) is 0 Å². The molecule has 0 saturated heterocycles. The molecule has 0 aliphatic carbocycles. The summed E-state index contributed by atoms with van der Waals surface area (Å²) in [7, 11) is 3.24. The summed E-state index contributed by atoms with van der Waals surface area (Å²) in [5.74, 6) is -0.665. The largest absolute Gasteiger partial charge is 0.469 e. The topological polar surface area (TPSA) is 29.5 Å². The molecule has 0 N–H and O–H groups in total. The highest BCUT2D eigenvalue weighted by Crippen LogP contribution is 2.16. The number of benzene rings is 1. The summed E-state index contributed by atoms with van der Waals surface area (Å²) in [6.07, 6.45) is 0.335. The number of esters is 1. The van der Waals surface area contributed by atoms with Crippen LogP contribution in [0.25, 0.3) is 0 Å². The van der Waals surface area contributed by atoms with Crippen LogP contribution in [0.1, 0.15) is 12.0 Å². The van der Waals surface area contributed by atoms with E-state index in [0.29, 0.717) is 19.5 Å². The fourth-order valence-corrected chi connectivity index (χ4v) is 1.62. The van der Waals surface area contributed by atoms with E-state index in [1.165, 1.54) is 13.2 Å². The van der Waals surface area contributed by atoms with Gasteiger partial charge in [0, 0.05) is 13.1 Å². The molecule has 0 amide bonds. The van der Waals surface area contributed by atoms with E-state index in [9.17, 15) is 9.18 Å². The molecular weight excluding hydrogens is 245 g/mol. The molecule has 0 heterocycles. The Morgan fingerprint density at radius 3 is 2.82 bits per heavy atom. The molecule has 0 saturated carbocycles. The van der Waals surface area contributed by atoms with E-state index >= 15 is 0 Å². The lowest BCUT2D eigenvalue weighted by Crippen LogP contribution is -2.21. The van der Waals surface area contributed by atoms with Crippen molar-refractivity contribution in [2.24, 2.45) is 0 Å². The Balaban J connectivity index is 2.47. The fraction of sp³-hybridized carbons (Fsp3) is 0.417. The molecule has 1 aromatic rings. The summed E-state index contributed by atoms with van der Waals surface area (Å²) < 4.78 is 17.5. The minimum absolute atomic E-state index is 0.115. The molecule has 1 aromatic carbocycles. The van der Waals surface area contributed by atoms with Gasteiger partial charge in [-0.3, -0.25) is 4.79 Å². The summed E-state index contributed by atoms with van der Waals surface area (Å²) >= 11 is 5.68. The first kappa shape index (κ1) is 13.9. The maximum absolute atomic E-state index is 12.9. The average Bonchev–Trinajstić information content (AvgIpc) is 2.31. The number of hydrogen-bond donors (Lipinski definition) is 0. The number of methoxy groups -OCH3 is 1. The number of halogens is 2. The van der Waals surface area contributed by atoms with Crippen LogP contribution in [-0.2, 0) is 16.1 Å². The van der Waals surface area contributed by atoms with Gasteiger partial charge >= 0.3 is 5.97 Å². The van der Waals surface area contributed by atoms with Crippen LogP contribution < -0.4 is 0 Å². The van der Waals surface area contributed by atoms with Crippen LogP contribution in [0.4, 0.5) is 4.39 Å². The molecule has 5 heteroatoms. The Morgan fingerprint density at radius 2 is 2.24 bits per heavy atom. The van der Waals surface area contributed by atoms with Crippen molar-refractivity contribution in [1.82, 2.24) is 4.90 Å². The molecule has 0 unspecified atom stereocenters. The molecule has 0 fully saturated rings. The average molecular weight is 260 g/mol. The predicted octanol–water partition coefficient (Wildman–Crippen LogP) is 2.47. The van der Waals surface area contributed by atoms with Crippen LogP contribution in [-0.4, -0.2) is 31.6 Å². The van der Waals surface area contributed by atoms with Crippen molar-refractivity contribution < 1.29 is 13.9 Å². The third-order valence-corrected chi connectivity index (χ3v) is 2.65. The smallest absolute Gasteiger partial charge is 0.306 e. The van der Waals surface area contributed by atoms with Gasteiger partial charge in [0.15, 0.2) is 0 Å². The van der Waals surface area contributed by atoms with Gasteiger partial charge < -0.3 is 9.64 Å². The number of carbonyl (C=O) groups is 1. The van der Waals surface area contributed by atoms with Gasteiger partial charge in [-0.05, 0) is 24.7 Å². The molecule has 0 aliphatic rings. The van der Waals surface area contributed by atoms with Crippen molar-refractivity contribution in [1.29, 1.82) is 0 Å². The monoisotopic (exact) mass is 259 g/mol. The van der Waals surface area contributed by atoms with E-state index < -0.39 is 5.82 Å². The second kappa shape index (κ2) is 6.57. The zero-order valence-corrected chi connectivity index (χ0v) is 10.6. The molecule has 1 rings (SSSR count). The molecule has 0 radical (unpaired) electrons. The molecule has 0 atom stereocenters. The van der Waals surface area contributed by atoms with Crippen molar-refractivity contribution in [3.63, 3.8) is 0 Å². The highest BCUT2D eigenvalue weighted by molar-refractivity contribution is 6.30. The Labute approximate surface area is 105 Å². The van der Waals surface area contributed by atoms with Crippen LogP contribution in [0.3, 0.4) is 0 Å². The van der Waals surface area contributed by atoms with E-state index in [2.05, 4.69) is 4.74 Å². The summed E-state index contributed by atoms with van der Waals surface area (Å²) in [4.78, 5) is 12.9. The second-order valence-electron chi connectivity index (χ2n) is 3.81. The van der Waals surface area contributed by atoms with Gasteiger partial charge in [-0.15, -0.1) is 0 Å². The lowest BCUT2D eigenvalue weighted by molar-refractivity contribution is -0.140. The lowest BCUT2D eigenvalue weighted by atomic mass is 10.2. The van der Waals surface area contributed by atoms with Gasteiger partial charge in [0.1, 0.15) is 5.82 Å². The van der Waals surface area contributed by atoms with Gasteiger partial charge in [0.2, 0.25) is 0 Å². The highest BCUT2D eigenvalue weighted by Gasteiger charge is 2.06. The van der Waals surface area contributed by atoms with Crippen molar-refractivity contribution in [3.05, 3.63) is 34.6 Å².